The van der Waals surface area contributed by atoms with Gasteiger partial charge in [0.05, 0.1) is 5.69 Å². The maximum absolute atomic E-state index is 12.6. The number of hydrogen-bond acceptors (Lipinski definition) is 2. The average molecular weight is 442 g/mol. The molecule has 0 fully saturated rings. The molecule has 1 aliphatic rings. The maximum atomic E-state index is 12.6. The van der Waals surface area contributed by atoms with Crippen LogP contribution in [0.4, 0.5) is 5.69 Å². The molecule has 3 aromatic carbocycles. The summed E-state index contributed by atoms with van der Waals surface area (Å²) >= 11 is 3.54. The van der Waals surface area contributed by atoms with E-state index in [1.807, 2.05) is 95.8 Å². The fraction of sp³-hybridized carbons (Fsp3) is 0. The minimum Gasteiger partial charge on any atom is -0.321 e. The van der Waals surface area contributed by atoms with Crippen molar-refractivity contribution in [3.05, 3.63) is 101 Å². The predicted octanol–water partition coefficient (Wildman–Crippen LogP) is 5.79. The Balaban J connectivity index is 1.70. The Labute approximate surface area is 176 Å². The first-order chi connectivity index (χ1) is 14.2. The topological polar surface area (TPSA) is 46.9 Å². The minimum absolute atomic E-state index is 0.0983. The SMILES string of the molecule is O=C1Nc2ccccc2/C1=C/c1cn(-c2ccccc2)nc1-c1cccc(Br)c1. The summed E-state index contributed by atoms with van der Waals surface area (Å²) in [7, 11) is 0. The van der Waals surface area contributed by atoms with E-state index in [4.69, 9.17) is 5.10 Å². The smallest absolute Gasteiger partial charge is 0.256 e. The lowest BCUT2D eigenvalue weighted by molar-refractivity contribution is -0.110. The number of carbonyl (C=O) groups is 1. The van der Waals surface area contributed by atoms with Gasteiger partial charge in [0.15, 0.2) is 0 Å². The third-order valence-corrected chi connectivity index (χ3v) is 5.36. The molecule has 5 heteroatoms. The van der Waals surface area contributed by atoms with Crippen molar-refractivity contribution >= 4 is 39.2 Å². The quantitative estimate of drug-likeness (QED) is 0.408. The number of aromatic nitrogens is 2. The first-order valence-corrected chi connectivity index (χ1v) is 10.0. The van der Waals surface area contributed by atoms with Crippen molar-refractivity contribution in [3.8, 4) is 16.9 Å². The van der Waals surface area contributed by atoms with E-state index in [0.29, 0.717) is 5.57 Å². The van der Waals surface area contributed by atoms with Crippen LogP contribution in [-0.2, 0) is 4.79 Å². The molecule has 0 saturated carbocycles. The highest BCUT2D eigenvalue weighted by atomic mass is 79.9. The molecule has 0 aliphatic carbocycles. The molecule has 0 spiro atoms. The van der Waals surface area contributed by atoms with Gasteiger partial charge in [-0.2, -0.15) is 5.10 Å². The van der Waals surface area contributed by atoms with Gasteiger partial charge in [-0.25, -0.2) is 4.68 Å². The number of fused-ring (bicyclic) bond motifs is 1. The second kappa shape index (κ2) is 7.18. The van der Waals surface area contributed by atoms with E-state index in [1.165, 1.54) is 0 Å². The second-order valence-corrected chi connectivity index (χ2v) is 7.70. The normalized spacial score (nSPS) is 14.1. The van der Waals surface area contributed by atoms with Gasteiger partial charge in [-0.05, 0) is 36.4 Å². The average Bonchev–Trinajstić information content (AvgIpc) is 3.30. The molecule has 140 valence electrons. The van der Waals surface area contributed by atoms with Crippen LogP contribution in [0.1, 0.15) is 11.1 Å². The van der Waals surface area contributed by atoms with Crippen molar-refractivity contribution < 1.29 is 4.79 Å². The summed E-state index contributed by atoms with van der Waals surface area (Å²) in [4.78, 5) is 12.6. The van der Waals surface area contributed by atoms with Gasteiger partial charge in [-0.3, -0.25) is 4.79 Å². The number of carbonyl (C=O) groups excluding carboxylic acids is 1. The summed E-state index contributed by atoms with van der Waals surface area (Å²) in [6.45, 7) is 0. The zero-order chi connectivity index (χ0) is 19.8. The van der Waals surface area contributed by atoms with Crippen molar-refractivity contribution in [3.63, 3.8) is 0 Å². The number of para-hydroxylation sites is 2. The number of anilines is 1. The van der Waals surface area contributed by atoms with Crippen LogP contribution in [-0.4, -0.2) is 15.7 Å². The van der Waals surface area contributed by atoms with Gasteiger partial charge in [-0.1, -0.05) is 64.5 Å². The lowest BCUT2D eigenvalue weighted by Crippen LogP contribution is -2.03. The highest BCUT2D eigenvalue weighted by molar-refractivity contribution is 9.10. The van der Waals surface area contributed by atoms with Gasteiger partial charge in [0.1, 0.15) is 5.69 Å². The van der Waals surface area contributed by atoms with Crippen LogP contribution in [0, 0.1) is 0 Å². The van der Waals surface area contributed by atoms with E-state index in [9.17, 15) is 4.79 Å². The molecular formula is C24H16BrN3O. The van der Waals surface area contributed by atoms with Crippen molar-refractivity contribution in [1.82, 2.24) is 9.78 Å². The molecule has 5 rings (SSSR count). The lowest BCUT2D eigenvalue weighted by atomic mass is 10.0. The number of halogens is 1. The summed E-state index contributed by atoms with van der Waals surface area (Å²) in [6, 6.07) is 25.7. The fourth-order valence-electron chi connectivity index (χ4n) is 3.50. The van der Waals surface area contributed by atoms with Crippen molar-refractivity contribution in [1.29, 1.82) is 0 Å². The van der Waals surface area contributed by atoms with Crippen molar-refractivity contribution in [2.45, 2.75) is 0 Å². The van der Waals surface area contributed by atoms with Crippen LogP contribution in [0.5, 0.6) is 0 Å². The second-order valence-electron chi connectivity index (χ2n) is 6.78. The van der Waals surface area contributed by atoms with E-state index in [2.05, 4.69) is 21.2 Å². The van der Waals surface area contributed by atoms with Gasteiger partial charge in [0.2, 0.25) is 0 Å². The molecule has 1 aliphatic heterocycles. The summed E-state index contributed by atoms with van der Waals surface area (Å²) in [5, 5.41) is 7.77. The number of hydrogen-bond donors (Lipinski definition) is 1. The molecule has 0 atom stereocenters. The van der Waals surface area contributed by atoms with Crippen LogP contribution < -0.4 is 5.32 Å². The van der Waals surface area contributed by atoms with Crippen LogP contribution in [0.15, 0.2) is 89.5 Å². The minimum atomic E-state index is -0.0983. The molecule has 4 aromatic rings. The Morgan fingerprint density at radius 2 is 1.72 bits per heavy atom. The molecule has 29 heavy (non-hydrogen) atoms. The van der Waals surface area contributed by atoms with Gasteiger partial charge < -0.3 is 5.32 Å². The van der Waals surface area contributed by atoms with E-state index >= 15 is 0 Å². The highest BCUT2D eigenvalue weighted by Gasteiger charge is 2.24. The third-order valence-electron chi connectivity index (χ3n) is 4.87. The maximum Gasteiger partial charge on any atom is 0.256 e. The van der Waals surface area contributed by atoms with Gasteiger partial charge in [0, 0.05) is 38.6 Å². The Kier molecular flexibility index (Phi) is 4.37. The molecular weight excluding hydrogens is 426 g/mol. The van der Waals surface area contributed by atoms with E-state index in [1.54, 1.807) is 0 Å². The Hall–Kier alpha value is -3.44. The molecule has 0 radical (unpaired) electrons. The number of amides is 1. The fourth-order valence-corrected chi connectivity index (χ4v) is 3.90. The Bertz CT molecular complexity index is 1260. The first kappa shape index (κ1) is 17.6. The molecule has 0 saturated heterocycles. The zero-order valence-electron chi connectivity index (χ0n) is 15.3. The van der Waals surface area contributed by atoms with E-state index in [-0.39, 0.29) is 5.91 Å². The summed E-state index contributed by atoms with van der Waals surface area (Å²) < 4.78 is 2.83. The molecule has 1 amide bonds. The number of nitrogens with one attached hydrogen (secondary N) is 1. The number of rotatable bonds is 3. The van der Waals surface area contributed by atoms with Gasteiger partial charge in [-0.15, -0.1) is 0 Å². The monoisotopic (exact) mass is 441 g/mol. The molecule has 1 aromatic heterocycles. The standard InChI is InChI=1S/C24H16BrN3O/c25-18-8-6-7-16(13-18)23-17(15-28(27-23)19-9-2-1-3-10-19)14-21-20-11-4-5-12-22(20)26-24(21)29/h1-15H,(H,26,29)/b21-14-. The first-order valence-electron chi connectivity index (χ1n) is 9.22. The van der Waals surface area contributed by atoms with Gasteiger partial charge in [0.25, 0.3) is 5.91 Å². The van der Waals surface area contributed by atoms with Crippen molar-refractivity contribution in [2.75, 3.05) is 5.32 Å². The summed E-state index contributed by atoms with van der Waals surface area (Å²) in [6.07, 6.45) is 3.89. The predicted molar refractivity (Wildman–Crippen MR) is 120 cm³/mol. The molecule has 2 heterocycles. The Morgan fingerprint density at radius 1 is 0.931 bits per heavy atom. The largest absolute Gasteiger partial charge is 0.321 e. The summed E-state index contributed by atoms with van der Waals surface area (Å²) in [5.74, 6) is -0.0983. The molecule has 1 N–H and O–H groups in total. The van der Waals surface area contributed by atoms with Crippen molar-refractivity contribution in [2.24, 2.45) is 0 Å². The number of nitrogens with zero attached hydrogens (tertiary/aromatic N) is 2. The molecule has 4 nitrogen and oxygen atoms in total. The number of benzene rings is 3. The van der Waals surface area contributed by atoms with Crippen LogP contribution in [0.25, 0.3) is 28.6 Å². The van der Waals surface area contributed by atoms with Crippen LogP contribution >= 0.6 is 15.9 Å². The Morgan fingerprint density at radius 3 is 2.55 bits per heavy atom. The van der Waals surface area contributed by atoms with Gasteiger partial charge >= 0.3 is 0 Å². The third kappa shape index (κ3) is 3.30. The summed E-state index contributed by atoms with van der Waals surface area (Å²) in [5.41, 5.74) is 6.03. The van der Waals surface area contributed by atoms with E-state index < -0.39 is 0 Å². The van der Waals surface area contributed by atoms with Crippen LogP contribution in [0.2, 0.25) is 0 Å². The highest BCUT2D eigenvalue weighted by Crippen LogP contribution is 2.35. The molecule has 0 unspecified atom stereocenters. The van der Waals surface area contributed by atoms with E-state index in [0.717, 1.165) is 38.2 Å². The lowest BCUT2D eigenvalue weighted by Gasteiger charge is -2.02. The van der Waals surface area contributed by atoms with Crippen LogP contribution in [0.3, 0.4) is 0 Å². The zero-order valence-corrected chi connectivity index (χ0v) is 16.9. The molecule has 0 bridgehead atoms.